The lowest BCUT2D eigenvalue weighted by Gasteiger charge is -2.45. The quantitative estimate of drug-likeness (QED) is 0.877. The van der Waals surface area contributed by atoms with Crippen molar-refractivity contribution in [3.63, 3.8) is 0 Å². The number of nitrogens with one attached hydrogen (secondary N) is 1. The largest absolute Gasteiger partial charge is 0.486 e. The zero-order valence-corrected chi connectivity index (χ0v) is 15.8. The van der Waals surface area contributed by atoms with Gasteiger partial charge in [-0.2, -0.15) is 0 Å². The highest BCUT2D eigenvalue weighted by molar-refractivity contribution is 6.31. The van der Waals surface area contributed by atoms with Crippen LogP contribution in [0.3, 0.4) is 0 Å². The molecule has 1 aromatic rings. The maximum Gasteiger partial charge on any atom is 0.255 e. The second kappa shape index (κ2) is 6.36. The van der Waals surface area contributed by atoms with Gasteiger partial charge in [-0.25, -0.2) is 0 Å². The summed E-state index contributed by atoms with van der Waals surface area (Å²) in [7, 11) is 2.02. The molecule has 0 aromatic heterocycles. The Bertz CT molecular complexity index is 687. The van der Waals surface area contributed by atoms with Gasteiger partial charge in [0.05, 0.1) is 17.3 Å². The van der Waals surface area contributed by atoms with E-state index in [1.165, 1.54) is 12.8 Å². The van der Waals surface area contributed by atoms with E-state index in [1.807, 2.05) is 20.0 Å². The predicted molar refractivity (Wildman–Crippen MR) is 99.8 cm³/mol. The average Bonchev–Trinajstić information content (AvgIpc) is 2.61. The van der Waals surface area contributed by atoms with Crippen molar-refractivity contribution in [1.29, 1.82) is 0 Å². The molecule has 1 amide bonds. The van der Waals surface area contributed by atoms with Crippen molar-refractivity contribution >= 4 is 23.2 Å². The molecule has 6 heteroatoms. The van der Waals surface area contributed by atoms with Crippen LogP contribution in [0.5, 0.6) is 5.75 Å². The molecule has 3 fully saturated rings. The molecule has 4 aliphatic rings. The zero-order chi connectivity index (χ0) is 17.7. The van der Waals surface area contributed by atoms with Crippen LogP contribution in [0.2, 0.25) is 5.02 Å². The lowest BCUT2D eigenvalue weighted by molar-refractivity contribution is 0.0616. The molecule has 25 heavy (non-hydrogen) atoms. The van der Waals surface area contributed by atoms with E-state index in [4.69, 9.17) is 16.3 Å². The molecule has 0 spiro atoms. The molecule has 3 unspecified atom stereocenters. The Labute approximate surface area is 154 Å². The standard InChI is InChI=1S/C19H26ClN3O2/c1-11-12(2)25-18-15(8-14(20)9-17(18)22(11)3)19(24)21-16-10-23-6-4-13(16)5-7-23/h8-9,11-13,16H,4-7,10H2,1-3H3,(H,21,24). The second-order valence-electron chi connectivity index (χ2n) is 7.69. The summed E-state index contributed by atoms with van der Waals surface area (Å²) in [4.78, 5) is 17.6. The topological polar surface area (TPSA) is 44.8 Å². The van der Waals surface area contributed by atoms with E-state index < -0.39 is 0 Å². The number of anilines is 1. The van der Waals surface area contributed by atoms with Gasteiger partial charge in [-0.3, -0.25) is 4.79 Å². The molecule has 0 saturated carbocycles. The highest BCUT2D eigenvalue weighted by Crippen LogP contribution is 2.40. The summed E-state index contributed by atoms with van der Waals surface area (Å²) in [5, 5.41) is 3.81. The number of likely N-dealkylation sites (N-methyl/N-ethyl adjacent to an activating group) is 1. The zero-order valence-electron chi connectivity index (χ0n) is 15.1. The van der Waals surface area contributed by atoms with E-state index in [-0.39, 0.29) is 24.1 Å². The van der Waals surface area contributed by atoms with E-state index >= 15 is 0 Å². The SMILES string of the molecule is CC1Oc2c(C(=O)NC3CN4CCC3CC4)cc(Cl)cc2N(C)C1C. The predicted octanol–water partition coefficient (Wildman–Crippen LogP) is 2.77. The fourth-order valence-electron chi connectivity index (χ4n) is 4.33. The van der Waals surface area contributed by atoms with E-state index in [9.17, 15) is 4.79 Å². The maximum absolute atomic E-state index is 13.0. The monoisotopic (exact) mass is 363 g/mol. The number of carbonyl (C=O) groups is 1. The molecular formula is C19H26ClN3O2. The maximum atomic E-state index is 13.0. The molecule has 5 nitrogen and oxygen atoms in total. The van der Waals surface area contributed by atoms with Crippen LogP contribution in [0.25, 0.3) is 0 Å². The van der Waals surface area contributed by atoms with Crippen molar-refractivity contribution in [3.8, 4) is 5.75 Å². The molecule has 2 bridgehead atoms. The number of rotatable bonds is 2. The van der Waals surface area contributed by atoms with Crippen LogP contribution in [0.1, 0.15) is 37.0 Å². The first-order valence-corrected chi connectivity index (χ1v) is 9.58. The number of hydrogen-bond donors (Lipinski definition) is 1. The van der Waals surface area contributed by atoms with Gasteiger partial charge in [-0.15, -0.1) is 0 Å². The van der Waals surface area contributed by atoms with Crippen molar-refractivity contribution in [2.75, 3.05) is 31.6 Å². The van der Waals surface area contributed by atoms with Crippen molar-refractivity contribution in [2.45, 2.75) is 44.9 Å². The average molecular weight is 364 g/mol. The van der Waals surface area contributed by atoms with E-state index in [1.54, 1.807) is 6.07 Å². The first-order chi connectivity index (χ1) is 11.9. The number of piperidine rings is 3. The highest BCUT2D eigenvalue weighted by atomic mass is 35.5. The number of benzene rings is 1. The van der Waals surface area contributed by atoms with Gasteiger partial charge in [0.15, 0.2) is 5.75 Å². The van der Waals surface area contributed by atoms with Crippen molar-refractivity contribution in [1.82, 2.24) is 10.2 Å². The van der Waals surface area contributed by atoms with Crippen LogP contribution >= 0.6 is 11.6 Å². The Morgan fingerprint density at radius 1 is 1.28 bits per heavy atom. The molecule has 0 aliphatic carbocycles. The molecule has 5 rings (SSSR count). The summed E-state index contributed by atoms with van der Waals surface area (Å²) in [6.45, 7) is 7.42. The van der Waals surface area contributed by atoms with E-state index in [0.29, 0.717) is 22.3 Å². The fraction of sp³-hybridized carbons (Fsp3) is 0.632. The summed E-state index contributed by atoms with van der Waals surface area (Å²) in [5.74, 6) is 1.16. The lowest BCUT2D eigenvalue weighted by Crippen LogP contribution is -2.57. The minimum absolute atomic E-state index is 0.0158. The molecule has 3 atom stereocenters. The number of ether oxygens (including phenoxy) is 1. The van der Waals surface area contributed by atoms with E-state index in [2.05, 4.69) is 22.0 Å². The number of amides is 1. The molecule has 4 heterocycles. The minimum Gasteiger partial charge on any atom is -0.486 e. The molecule has 136 valence electrons. The minimum atomic E-state index is -0.0762. The van der Waals surface area contributed by atoms with Gasteiger partial charge in [-0.05, 0) is 57.8 Å². The molecule has 1 aromatic carbocycles. The van der Waals surface area contributed by atoms with Crippen LogP contribution < -0.4 is 15.0 Å². The Kier molecular flexibility index (Phi) is 4.32. The number of carbonyl (C=O) groups excluding carboxylic acids is 1. The van der Waals surface area contributed by atoms with Gasteiger partial charge in [0, 0.05) is 24.7 Å². The third kappa shape index (κ3) is 2.97. The van der Waals surface area contributed by atoms with Crippen LogP contribution in [-0.4, -0.2) is 55.7 Å². The third-order valence-corrected chi connectivity index (χ3v) is 6.44. The van der Waals surface area contributed by atoms with Crippen molar-refractivity contribution < 1.29 is 9.53 Å². The molecule has 3 saturated heterocycles. The first kappa shape index (κ1) is 17.0. The first-order valence-electron chi connectivity index (χ1n) is 9.20. The Morgan fingerprint density at radius 3 is 2.64 bits per heavy atom. The smallest absolute Gasteiger partial charge is 0.255 e. The Hall–Kier alpha value is -1.46. The third-order valence-electron chi connectivity index (χ3n) is 6.23. The lowest BCUT2D eigenvalue weighted by atomic mass is 9.84. The number of halogens is 1. The fourth-order valence-corrected chi connectivity index (χ4v) is 4.54. The summed E-state index contributed by atoms with van der Waals surface area (Å²) >= 11 is 6.31. The van der Waals surface area contributed by atoms with Gasteiger partial charge in [0.25, 0.3) is 5.91 Å². The van der Waals surface area contributed by atoms with E-state index in [0.717, 1.165) is 25.3 Å². The number of hydrogen-bond acceptors (Lipinski definition) is 4. The van der Waals surface area contributed by atoms with Gasteiger partial charge in [-0.1, -0.05) is 11.6 Å². The normalized spacial score (nSPS) is 33.6. The molecule has 0 radical (unpaired) electrons. The van der Waals surface area contributed by atoms with Crippen LogP contribution in [0.15, 0.2) is 12.1 Å². The van der Waals surface area contributed by atoms with Gasteiger partial charge >= 0.3 is 0 Å². The van der Waals surface area contributed by atoms with Gasteiger partial charge in [0.2, 0.25) is 0 Å². The Morgan fingerprint density at radius 2 is 2.00 bits per heavy atom. The van der Waals surface area contributed by atoms with Crippen LogP contribution in [0.4, 0.5) is 5.69 Å². The van der Waals surface area contributed by atoms with Gasteiger partial charge in [0.1, 0.15) is 6.10 Å². The van der Waals surface area contributed by atoms with Crippen molar-refractivity contribution in [2.24, 2.45) is 5.92 Å². The van der Waals surface area contributed by atoms with Gasteiger partial charge < -0.3 is 19.9 Å². The number of fused-ring (bicyclic) bond motifs is 4. The Balaban J connectivity index is 1.62. The summed E-state index contributed by atoms with van der Waals surface area (Å²) in [6.07, 6.45) is 2.36. The van der Waals surface area contributed by atoms with Crippen molar-refractivity contribution in [3.05, 3.63) is 22.7 Å². The molecule has 4 aliphatic heterocycles. The molecular weight excluding hydrogens is 338 g/mol. The second-order valence-corrected chi connectivity index (χ2v) is 8.13. The van der Waals surface area contributed by atoms with Crippen LogP contribution in [0, 0.1) is 5.92 Å². The highest BCUT2D eigenvalue weighted by Gasteiger charge is 2.36. The summed E-state index contributed by atoms with van der Waals surface area (Å²) in [5.41, 5.74) is 1.43. The summed E-state index contributed by atoms with van der Waals surface area (Å²) < 4.78 is 6.10. The van der Waals surface area contributed by atoms with Crippen LogP contribution in [-0.2, 0) is 0 Å². The number of nitrogens with zero attached hydrogens (tertiary/aromatic N) is 2. The molecule has 1 N–H and O–H groups in total. The summed E-state index contributed by atoms with van der Waals surface area (Å²) in [6, 6.07) is 4.06.